The zero-order valence-electron chi connectivity index (χ0n) is 6.56. The van der Waals surface area contributed by atoms with Gasteiger partial charge in [-0.3, -0.25) is 0 Å². The van der Waals surface area contributed by atoms with Crippen LogP contribution in [0.15, 0.2) is 12.3 Å². The van der Waals surface area contributed by atoms with E-state index in [0.717, 1.165) is 0 Å². The summed E-state index contributed by atoms with van der Waals surface area (Å²) in [5.74, 6) is 0.277. The Kier molecular flexibility index (Phi) is 2.52. The van der Waals surface area contributed by atoms with Gasteiger partial charge in [-0.2, -0.15) is 0 Å². The first-order chi connectivity index (χ1) is 5.65. The van der Waals surface area contributed by atoms with E-state index in [-0.39, 0.29) is 17.0 Å². The number of nitrogens with zero attached hydrogens (tertiary/aromatic N) is 1. The lowest BCUT2D eigenvalue weighted by Gasteiger charge is -2.04. The first-order valence-electron chi connectivity index (χ1n) is 3.30. The number of ether oxygens (including phenoxy) is 1. The van der Waals surface area contributed by atoms with E-state index in [0.29, 0.717) is 0 Å². The van der Waals surface area contributed by atoms with E-state index in [1.54, 1.807) is 0 Å². The van der Waals surface area contributed by atoms with E-state index >= 15 is 0 Å². The van der Waals surface area contributed by atoms with Crippen molar-refractivity contribution in [3.05, 3.63) is 12.3 Å². The number of anilines is 1. The highest BCUT2D eigenvalue weighted by atomic mass is 16.5. The normalized spacial score (nSPS) is 9.58. The average Bonchev–Trinajstić information content (AvgIpc) is 2.04. The second kappa shape index (κ2) is 3.42. The lowest BCUT2D eigenvalue weighted by molar-refractivity contribution is 0.400. The van der Waals surface area contributed by atoms with E-state index in [1.807, 2.05) is 0 Å². The molecule has 0 saturated carbocycles. The van der Waals surface area contributed by atoms with E-state index in [2.05, 4.69) is 4.98 Å². The molecular weight excluding hydrogens is 159 g/mol. The van der Waals surface area contributed by atoms with Gasteiger partial charge in [0.1, 0.15) is 0 Å². The number of hydrogen-bond donors (Lipinski definition) is 3. The molecule has 0 fully saturated rings. The van der Waals surface area contributed by atoms with Gasteiger partial charge in [0.25, 0.3) is 0 Å². The van der Waals surface area contributed by atoms with Gasteiger partial charge < -0.3 is 20.5 Å². The van der Waals surface area contributed by atoms with Crippen molar-refractivity contribution >= 4 is 18.3 Å². The van der Waals surface area contributed by atoms with Crippen molar-refractivity contribution in [3.63, 3.8) is 0 Å². The van der Waals surface area contributed by atoms with Gasteiger partial charge in [0, 0.05) is 11.7 Å². The minimum Gasteiger partial charge on any atom is -0.480 e. The van der Waals surface area contributed by atoms with Gasteiger partial charge in [0.05, 0.1) is 12.8 Å². The summed E-state index contributed by atoms with van der Waals surface area (Å²) in [6.07, 6.45) is 1.29. The summed E-state index contributed by atoms with van der Waals surface area (Å²) in [5.41, 5.74) is 5.98. The molecule has 0 aliphatic rings. The largest absolute Gasteiger partial charge is 0.490 e. The molecule has 0 aliphatic carbocycles. The standard InChI is InChI=1S/C6H9BN2O3/c1-12-6-5(8)2-4(3-9-6)7(10)11/h2-3,10-11H,8H2,1H3. The monoisotopic (exact) mass is 168 g/mol. The third-order valence-corrected chi connectivity index (χ3v) is 1.39. The zero-order chi connectivity index (χ0) is 9.14. The predicted octanol–water partition coefficient (Wildman–Crippen LogP) is -1.65. The van der Waals surface area contributed by atoms with Gasteiger partial charge >= 0.3 is 7.12 Å². The minimum atomic E-state index is -1.55. The van der Waals surface area contributed by atoms with Crippen LogP contribution in [0, 0.1) is 0 Å². The number of aromatic nitrogens is 1. The Morgan fingerprint density at radius 2 is 2.25 bits per heavy atom. The van der Waals surface area contributed by atoms with Gasteiger partial charge in [-0.25, -0.2) is 4.98 Å². The van der Waals surface area contributed by atoms with E-state index in [4.69, 9.17) is 20.5 Å². The van der Waals surface area contributed by atoms with Crippen LogP contribution in [0.4, 0.5) is 5.69 Å². The predicted molar refractivity (Wildman–Crippen MR) is 45.0 cm³/mol. The molecule has 0 amide bonds. The van der Waals surface area contributed by atoms with Crippen LogP contribution in [0.5, 0.6) is 5.88 Å². The van der Waals surface area contributed by atoms with Gasteiger partial charge in [-0.15, -0.1) is 0 Å². The second-order valence-electron chi connectivity index (χ2n) is 2.24. The van der Waals surface area contributed by atoms with Crippen LogP contribution in [-0.4, -0.2) is 29.3 Å². The summed E-state index contributed by atoms with van der Waals surface area (Å²) >= 11 is 0. The maximum absolute atomic E-state index is 8.73. The fourth-order valence-corrected chi connectivity index (χ4v) is 0.798. The molecule has 0 spiro atoms. The number of nitrogen functional groups attached to an aromatic ring is 1. The molecule has 0 unspecified atom stereocenters. The summed E-state index contributed by atoms with van der Waals surface area (Å²) in [4.78, 5) is 3.75. The molecule has 1 heterocycles. The zero-order valence-corrected chi connectivity index (χ0v) is 6.56. The van der Waals surface area contributed by atoms with Crippen molar-refractivity contribution in [1.29, 1.82) is 0 Å². The van der Waals surface area contributed by atoms with Crippen LogP contribution in [0.25, 0.3) is 0 Å². The molecule has 1 aromatic rings. The third kappa shape index (κ3) is 1.66. The number of methoxy groups -OCH3 is 1. The molecule has 0 atom stereocenters. The quantitative estimate of drug-likeness (QED) is 0.460. The van der Waals surface area contributed by atoms with Crippen molar-refractivity contribution in [2.24, 2.45) is 0 Å². The van der Waals surface area contributed by atoms with Gasteiger partial charge in [0.2, 0.25) is 5.88 Å². The Morgan fingerprint density at radius 1 is 1.58 bits per heavy atom. The molecule has 4 N–H and O–H groups in total. The smallest absolute Gasteiger partial charge is 0.480 e. The highest BCUT2D eigenvalue weighted by Crippen LogP contribution is 2.13. The highest BCUT2D eigenvalue weighted by Gasteiger charge is 2.13. The van der Waals surface area contributed by atoms with Gasteiger partial charge in [0.15, 0.2) is 0 Å². The van der Waals surface area contributed by atoms with Gasteiger partial charge in [-0.05, 0) is 6.07 Å². The molecule has 0 aromatic carbocycles. The number of nitrogens with two attached hydrogens (primary N) is 1. The summed E-state index contributed by atoms with van der Waals surface area (Å²) in [6, 6.07) is 1.40. The summed E-state index contributed by atoms with van der Waals surface area (Å²) in [6.45, 7) is 0. The molecule has 0 radical (unpaired) electrons. The number of rotatable bonds is 2. The molecular formula is C6H9BN2O3. The van der Waals surface area contributed by atoms with Crippen LogP contribution in [0.1, 0.15) is 0 Å². The van der Waals surface area contributed by atoms with Crippen LogP contribution in [0.2, 0.25) is 0 Å². The van der Waals surface area contributed by atoms with E-state index in [9.17, 15) is 0 Å². The molecule has 0 saturated heterocycles. The summed E-state index contributed by atoms with van der Waals surface area (Å²) in [7, 11) is -0.112. The Labute approximate surface area is 70.0 Å². The van der Waals surface area contributed by atoms with Crippen molar-refractivity contribution in [2.45, 2.75) is 0 Å². The first-order valence-corrected chi connectivity index (χ1v) is 3.30. The average molecular weight is 168 g/mol. The topological polar surface area (TPSA) is 88.6 Å². The van der Waals surface area contributed by atoms with Crippen molar-refractivity contribution in [2.75, 3.05) is 12.8 Å². The Hall–Kier alpha value is -1.27. The Morgan fingerprint density at radius 3 is 2.67 bits per heavy atom. The van der Waals surface area contributed by atoms with E-state index in [1.165, 1.54) is 19.4 Å². The van der Waals surface area contributed by atoms with Crippen LogP contribution in [0.3, 0.4) is 0 Å². The fourth-order valence-electron chi connectivity index (χ4n) is 0.798. The van der Waals surface area contributed by atoms with Crippen molar-refractivity contribution in [1.82, 2.24) is 4.98 Å². The molecule has 0 bridgehead atoms. The highest BCUT2D eigenvalue weighted by molar-refractivity contribution is 6.58. The van der Waals surface area contributed by atoms with E-state index < -0.39 is 7.12 Å². The lowest BCUT2D eigenvalue weighted by Crippen LogP contribution is -2.30. The number of pyridine rings is 1. The van der Waals surface area contributed by atoms with Crippen LogP contribution >= 0.6 is 0 Å². The van der Waals surface area contributed by atoms with Crippen LogP contribution < -0.4 is 15.9 Å². The molecule has 6 heteroatoms. The first kappa shape index (κ1) is 8.83. The molecule has 1 aromatic heterocycles. The summed E-state index contributed by atoms with van der Waals surface area (Å²) in [5, 5.41) is 17.5. The van der Waals surface area contributed by atoms with Gasteiger partial charge in [-0.1, -0.05) is 0 Å². The minimum absolute atomic E-state index is 0.244. The van der Waals surface area contributed by atoms with Crippen molar-refractivity contribution < 1.29 is 14.8 Å². The van der Waals surface area contributed by atoms with Crippen molar-refractivity contribution in [3.8, 4) is 5.88 Å². The molecule has 5 nitrogen and oxygen atoms in total. The van der Waals surface area contributed by atoms with Crippen LogP contribution in [-0.2, 0) is 0 Å². The molecule has 64 valence electrons. The Bertz CT molecular complexity index is 279. The fraction of sp³-hybridized carbons (Fsp3) is 0.167. The lowest BCUT2D eigenvalue weighted by atomic mass is 9.81. The molecule has 1 rings (SSSR count). The maximum atomic E-state index is 8.73. The number of hydrogen-bond acceptors (Lipinski definition) is 5. The maximum Gasteiger partial charge on any atom is 0.490 e. The molecule has 0 aliphatic heterocycles. The second-order valence-corrected chi connectivity index (χ2v) is 2.24. The third-order valence-electron chi connectivity index (χ3n) is 1.39. The molecule has 12 heavy (non-hydrogen) atoms. The SMILES string of the molecule is COc1ncc(B(O)O)cc1N. The Balaban J connectivity index is 3.02. The summed E-state index contributed by atoms with van der Waals surface area (Å²) < 4.78 is 4.78.